The Labute approximate surface area is 82.7 Å². The molecule has 1 amide bonds. The zero-order chi connectivity index (χ0) is 11.0. The number of carbonyl (C=O) groups is 2. The molecule has 2 N–H and O–H groups in total. The smallest absolute Gasteiger partial charge is 0.327 e. The molecular formula is C10H11NO3. The zero-order valence-corrected chi connectivity index (χ0v) is 7.62. The first-order valence-corrected chi connectivity index (χ1v) is 4.01. The van der Waals surface area contributed by atoms with Gasteiger partial charge in [0.1, 0.15) is 6.04 Å². The number of hydrogen-bond acceptors (Lipinski definition) is 2. The number of carboxylic acid groups (broad SMARTS) is 1. The summed E-state index contributed by atoms with van der Waals surface area (Å²) in [7, 11) is 0. The minimum Gasteiger partial charge on any atom is -0.480 e. The lowest BCUT2D eigenvalue weighted by atomic mass is 10.2. The SMILES string of the molecule is C#CCCC(=O)NC(CC#C)C(=O)O. The molecule has 1 unspecified atom stereocenters. The molecule has 0 aromatic heterocycles. The molecule has 0 rings (SSSR count). The average Bonchev–Trinajstić information content (AvgIpc) is 2.14. The van der Waals surface area contributed by atoms with Crippen molar-refractivity contribution in [2.75, 3.05) is 0 Å². The molecule has 0 bridgehead atoms. The molecule has 4 nitrogen and oxygen atoms in total. The van der Waals surface area contributed by atoms with Gasteiger partial charge in [-0.15, -0.1) is 24.7 Å². The highest BCUT2D eigenvalue weighted by Gasteiger charge is 2.17. The Morgan fingerprint density at radius 3 is 2.43 bits per heavy atom. The fourth-order valence-electron chi connectivity index (χ4n) is 0.770. The normalized spacial score (nSPS) is 10.7. The third-order valence-corrected chi connectivity index (χ3v) is 1.45. The van der Waals surface area contributed by atoms with Crippen LogP contribution in [0, 0.1) is 24.7 Å². The van der Waals surface area contributed by atoms with Crippen LogP contribution in [0.5, 0.6) is 0 Å². The van der Waals surface area contributed by atoms with Crippen molar-refractivity contribution in [3.05, 3.63) is 0 Å². The van der Waals surface area contributed by atoms with Crippen molar-refractivity contribution in [3.8, 4) is 24.7 Å². The molecule has 0 aliphatic carbocycles. The number of rotatable bonds is 5. The molecule has 0 heterocycles. The summed E-state index contributed by atoms with van der Waals surface area (Å²) in [5, 5.41) is 10.9. The standard InChI is InChI=1S/C10H11NO3/c1-3-5-7-9(12)11-8(6-4-2)10(13)14/h1-2,8H,5-7H2,(H,11,12)(H,13,14). The van der Waals surface area contributed by atoms with Gasteiger partial charge in [0.2, 0.25) is 5.91 Å². The van der Waals surface area contributed by atoms with E-state index in [1.807, 2.05) is 0 Å². The lowest BCUT2D eigenvalue weighted by Crippen LogP contribution is -2.40. The summed E-state index contributed by atoms with van der Waals surface area (Å²) in [6, 6.07) is -1.02. The molecule has 0 fully saturated rings. The molecule has 0 spiro atoms. The van der Waals surface area contributed by atoms with Crippen molar-refractivity contribution in [1.29, 1.82) is 0 Å². The first-order valence-electron chi connectivity index (χ1n) is 4.01. The molecule has 0 aromatic carbocycles. The van der Waals surface area contributed by atoms with Gasteiger partial charge in [0.05, 0.1) is 0 Å². The Kier molecular flexibility index (Phi) is 5.65. The van der Waals surface area contributed by atoms with Gasteiger partial charge < -0.3 is 10.4 Å². The largest absolute Gasteiger partial charge is 0.480 e. The van der Waals surface area contributed by atoms with Gasteiger partial charge in [0.25, 0.3) is 0 Å². The second-order valence-electron chi connectivity index (χ2n) is 2.57. The maximum absolute atomic E-state index is 11.1. The first kappa shape index (κ1) is 12.1. The van der Waals surface area contributed by atoms with Gasteiger partial charge in [0.15, 0.2) is 0 Å². The van der Waals surface area contributed by atoms with Gasteiger partial charge in [-0.1, -0.05) is 0 Å². The average molecular weight is 193 g/mol. The van der Waals surface area contributed by atoms with Crippen LogP contribution in [0.15, 0.2) is 0 Å². The van der Waals surface area contributed by atoms with Gasteiger partial charge in [-0.3, -0.25) is 4.79 Å². The Hall–Kier alpha value is -1.94. The summed E-state index contributed by atoms with van der Waals surface area (Å²) in [6.45, 7) is 0. The summed E-state index contributed by atoms with van der Waals surface area (Å²) in [6.07, 6.45) is 10.3. The lowest BCUT2D eigenvalue weighted by Gasteiger charge is -2.10. The molecule has 0 aliphatic heterocycles. The number of terminal acetylenes is 2. The van der Waals surface area contributed by atoms with Gasteiger partial charge >= 0.3 is 5.97 Å². The van der Waals surface area contributed by atoms with E-state index in [9.17, 15) is 9.59 Å². The molecule has 74 valence electrons. The monoisotopic (exact) mass is 193 g/mol. The number of hydrogen-bond donors (Lipinski definition) is 2. The van der Waals surface area contributed by atoms with E-state index >= 15 is 0 Å². The maximum atomic E-state index is 11.1. The highest BCUT2D eigenvalue weighted by Crippen LogP contribution is 1.93. The fraction of sp³-hybridized carbons (Fsp3) is 0.400. The third-order valence-electron chi connectivity index (χ3n) is 1.45. The molecule has 0 saturated carbocycles. The fourth-order valence-corrected chi connectivity index (χ4v) is 0.770. The zero-order valence-electron chi connectivity index (χ0n) is 7.62. The molecule has 0 saturated heterocycles. The van der Waals surface area contributed by atoms with E-state index < -0.39 is 17.9 Å². The Morgan fingerprint density at radius 2 is 2.00 bits per heavy atom. The van der Waals surface area contributed by atoms with E-state index in [0.717, 1.165) is 0 Å². The highest BCUT2D eigenvalue weighted by molar-refractivity contribution is 5.83. The van der Waals surface area contributed by atoms with Crippen molar-refractivity contribution in [2.45, 2.75) is 25.3 Å². The first-order chi connectivity index (χ1) is 6.61. The van der Waals surface area contributed by atoms with E-state index in [1.54, 1.807) is 0 Å². The highest BCUT2D eigenvalue weighted by atomic mass is 16.4. The predicted octanol–water partition coefficient (Wildman–Crippen LogP) is -0.00750. The van der Waals surface area contributed by atoms with Crippen LogP contribution >= 0.6 is 0 Å². The van der Waals surface area contributed by atoms with E-state index in [4.69, 9.17) is 18.0 Å². The third kappa shape index (κ3) is 4.84. The van der Waals surface area contributed by atoms with E-state index in [-0.39, 0.29) is 19.3 Å². The predicted molar refractivity (Wildman–Crippen MR) is 51.1 cm³/mol. The van der Waals surface area contributed by atoms with E-state index in [2.05, 4.69) is 17.2 Å². The van der Waals surface area contributed by atoms with Crippen LogP contribution in [0.4, 0.5) is 0 Å². The van der Waals surface area contributed by atoms with Crippen LogP contribution in [-0.4, -0.2) is 23.0 Å². The van der Waals surface area contributed by atoms with Gasteiger partial charge in [-0.05, 0) is 0 Å². The summed E-state index contributed by atoms with van der Waals surface area (Å²) >= 11 is 0. The molecule has 0 radical (unpaired) electrons. The number of carboxylic acids is 1. The van der Waals surface area contributed by atoms with Crippen molar-refractivity contribution < 1.29 is 14.7 Å². The lowest BCUT2D eigenvalue weighted by molar-refractivity contribution is -0.141. The minimum absolute atomic E-state index is 0.0306. The van der Waals surface area contributed by atoms with Gasteiger partial charge in [0, 0.05) is 19.3 Å². The molecule has 0 aromatic rings. The summed E-state index contributed by atoms with van der Waals surface area (Å²) in [4.78, 5) is 21.6. The number of amides is 1. The van der Waals surface area contributed by atoms with Crippen LogP contribution in [0.3, 0.4) is 0 Å². The second-order valence-corrected chi connectivity index (χ2v) is 2.57. The molecule has 0 aliphatic rings. The van der Waals surface area contributed by atoms with Crippen molar-refractivity contribution >= 4 is 11.9 Å². The second kappa shape index (κ2) is 6.56. The Balaban J connectivity index is 4.05. The molecule has 4 heteroatoms. The number of carbonyl (C=O) groups excluding carboxylic acids is 1. The van der Waals surface area contributed by atoms with E-state index in [0.29, 0.717) is 0 Å². The van der Waals surface area contributed by atoms with Crippen molar-refractivity contribution in [3.63, 3.8) is 0 Å². The summed E-state index contributed by atoms with van der Waals surface area (Å²) in [5.74, 6) is 2.92. The molecule has 1 atom stereocenters. The quantitative estimate of drug-likeness (QED) is 0.603. The Morgan fingerprint density at radius 1 is 1.36 bits per heavy atom. The van der Waals surface area contributed by atoms with Crippen LogP contribution in [-0.2, 0) is 9.59 Å². The van der Waals surface area contributed by atoms with Gasteiger partial charge in [-0.25, -0.2) is 4.79 Å². The van der Waals surface area contributed by atoms with Crippen LogP contribution in [0.1, 0.15) is 19.3 Å². The van der Waals surface area contributed by atoms with Crippen molar-refractivity contribution in [1.82, 2.24) is 5.32 Å². The number of nitrogens with one attached hydrogen (secondary N) is 1. The molecular weight excluding hydrogens is 182 g/mol. The van der Waals surface area contributed by atoms with Crippen LogP contribution < -0.4 is 5.32 Å². The topological polar surface area (TPSA) is 66.4 Å². The van der Waals surface area contributed by atoms with Crippen LogP contribution in [0.25, 0.3) is 0 Å². The van der Waals surface area contributed by atoms with Crippen LogP contribution in [0.2, 0.25) is 0 Å². The minimum atomic E-state index is -1.14. The van der Waals surface area contributed by atoms with Gasteiger partial charge in [-0.2, -0.15) is 0 Å². The molecule has 14 heavy (non-hydrogen) atoms. The van der Waals surface area contributed by atoms with Crippen molar-refractivity contribution in [2.24, 2.45) is 0 Å². The number of aliphatic carboxylic acids is 1. The van der Waals surface area contributed by atoms with E-state index in [1.165, 1.54) is 0 Å². The Bertz CT molecular complexity index is 295. The summed E-state index contributed by atoms with van der Waals surface area (Å²) in [5.41, 5.74) is 0. The summed E-state index contributed by atoms with van der Waals surface area (Å²) < 4.78 is 0. The maximum Gasteiger partial charge on any atom is 0.327 e.